The van der Waals surface area contributed by atoms with Crippen LogP contribution < -0.4 is 0 Å². The summed E-state index contributed by atoms with van der Waals surface area (Å²) >= 11 is 0. The van der Waals surface area contributed by atoms with E-state index in [0.29, 0.717) is 32.4 Å². The third-order valence-corrected chi connectivity index (χ3v) is 5.74. The second-order valence-electron chi connectivity index (χ2n) is 5.47. The Morgan fingerprint density at radius 2 is 1.79 bits per heavy atom. The second kappa shape index (κ2) is 5.48. The van der Waals surface area contributed by atoms with Gasteiger partial charge in [-0.2, -0.15) is 0 Å². The number of hydrogen-bond donors (Lipinski definition) is 1. The van der Waals surface area contributed by atoms with Crippen LogP contribution >= 0.6 is 0 Å². The van der Waals surface area contributed by atoms with Gasteiger partial charge in [-0.1, -0.05) is 0 Å². The van der Waals surface area contributed by atoms with Gasteiger partial charge in [0.25, 0.3) is 0 Å². The Morgan fingerprint density at radius 1 is 1.16 bits per heavy atom. The molecule has 6 nitrogen and oxygen atoms in total. The normalized spacial score (nSPS) is 27.4. The van der Waals surface area contributed by atoms with Crippen molar-refractivity contribution in [3.05, 3.63) is 0 Å². The third kappa shape index (κ3) is 3.68. The molecule has 0 saturated carbocycles. The van der Waals surface area contributed by atoms with Crippen molar-refractivity contribution in [2.24, 2.45) is 11.8 Å². The number of carbonyl (C=O) groups is 2. The predicted octanol–water partition coefficient (Wildman–Crippen LogP) is 0.134. The van der Waals surface area contributed by atoms with Crippen molar-refractivity contribution in [3.63, 3.8) is 0 Å². The SMILES string of the molecule is O=C(O)CC1CCN(C(=O)C2CCS(=O)(=O)C2)CC1. The zero-order chi connectivity index (χ0) is 14.0. The molecule has 2 aliphatic rings. The van der Waals surface area contributed by atoms with Gasteiger partial charge in [-0.3, -0.25) is 9.59 Å². The molecule has 0 bridgehead atoms. The molecule has 0 aromatic carbocycles. The lowest BCUT2D eigenvalue weighted by Crippen LogP contribution is -2.42. The number of aliphatic carboxylic acids is 1. The Balaban J connectivity index is 1.85. The molecule has 1 amide bonds. The Morgan fingerprint density at radius 3 is 2.26 bits per heavy atom. The number of piperidine rings is 1. The number of likely N-dealkylation sites (tertiary alicyclic amines) is 1. The van der Waals surface area contributed by atoms with E-state index in [1.807, 2.05) is 0 Å². The Bertz CT molecular complexity index is 465. The van der Waals surface area contributed by atoms with Gasteiger partial charge in [-0.15, -0.1) is 0 Å². The van der Waals surface area contributed by atoms with E-state index in [9.17, 15) is 18.0 Å². The average Bonchev–Trinajstić information content (AvgIpc) is 2.69. The molecular weight excluding hydrogens is 270 g/mol. The summed E-state index contributed by atoms with van der Waals surface area (Å²) in [5.74, 6) is -1.05. The van der Waals surface area contributed by atoms with Crippen molar-refractivity contribution in [2.45, 2.75) is 25.7 Å². The molecule has 0 aliphatic carbocycles. The molecule has 2 aliphatic heterocycles. The van der Waals surface area contributed by atoms with Gasteiger partial charge in [-0.05, 0) is 25.2 Å². The molecule has 19 heavy (non-hydrogen) atoms. The molecule has 1 atom stereocenters. The first-order valence-electron chi connectivity index (χ1n) is 6.58. The molecule has 2 fully saturated rings. The highest BCUT2D eigenvalue weighted by atomic mass is 32.2. The number of amides is 1. The van der Waals surface area contributed by atoms with E-state index in [4.69, 9.17) is 5.11 Å². The molecule has 0 aromatic heterocycles. The smallest absolute Gasteiger partial charge is 0.303 e. The zero-order valence-corrected chi connectivity index (χ0v) is 11.6. The largest absolute Gasteiger partial charge is 0.481 e. The van der Waals surface area contributed by atoms with E-state index < -0.39 is 15.8 Å². The van der Waals surface area contributed by atoms with Crippen LogP contribution in [-0.2, 0) is 19.4 Å². The van der Waals surface area contributed by atoms with Crippen molar-refractivity contribution in [1.82, 2.24) is 4.90 Å². The minimum absolute atomic E-state index is 0.0269. The van der Waals surface area contributed by atoms with Crippen LogP contribution in [0.1, 0.15) is 25.7 Å². The topological polar surface area (TPSA) is 91.8 Å². The van der Waals surface area contributed by atoms with Crippen LogP contribution in [-0.4, -0.2) is 54.9 Å². The van der Waals surface area contributed by atoms with Crippen LogP contribution in [0.4, 0.5) is 0 Å². The van der Waals surface area contributed by atoms with Crippen LogP contribution in [0, 0.1) is 11.8 Å². The molecular formula is C12H19NO5S. The van der Waals surface area contributed by atoms with E-state index >= 15 is 0 Å². The molecule has 1 N–H and O–H groups in total. The first-order valence-corrected chi connectivity index (χ1v) is 8.40. The predicted molar refractivity (Wildman–Crippen MR) is 68.3 cm³/mol. The summed E-state index contributed by atoms with van der Waals surface area (Å²) in [4.78, 5) is 24.5. The Hall–Kier alpha value is -1.11. The number of carboxylic acid groups (broad SMARTS) is 1. The minimum Gasteiger partial charge on any atom is -0.481 e. The van der Waals surface area contributed by atoms with Gasteiger partial charge in [0.05, 0.1) is 17.4 Å². The lowest BCUT2D eigenvalue weighted by atomic mass is 9.93. The van der Waals surface area contributed by atoms with Gasteiger partial charge in [0.15, 0.2) is 9.84 Å². The zero-order valence-electron chi connectivity index (χ0n) is 10.7. The van der Waals surface area contributed by atoms with Crippen LogP contribution in [0.2, 0.25) is 0 Å². The Kier molecular flexibility index (Phi) is 4.13. The van der Waals surface area contributed by atoms with Gasteiger partial charge < -0.3 is 10.0 Å². The molecule has 0 aromatic rings. The highest BCUT2D eigenvalue weighted by molar-refractivity contribution is 7.91. The van der Waals surface area contributed by atoms with Gasteiger partial charge in [0.1, 0.15) is 0 Å². The second-order valence-corrected chi connectivity index (χ2v) is 7.70. The molecule has 7 heteroatoms. The number of carbonyl (C=O) groups excluding carboxylic acids is 1. The summed E-state index contributed by atoms with van der Waals surface area (Å²) in [6.07, 6.45) is 1.96. The van der Waals surface area contributed by atoms with E-state index in [-0.39, 0.29) is 35.7 Å². The van der Waals surface area contributed by atoms with Crippen molar-refractivity contribution in [2.75, 3.05) is 24.6 Å². The van der Waals surface area contributed by atoms with Gasteiger partial charge in [0, 0.05) is 19.5 Å². The van der Waals surface area contributed by atoms with Crippen LogP contribution in [0.25, 0.3) is 0 Å². The van der Waals surface area contributed by atoms with E-state index in [0.717, 1.165) is 0 Å². The number of sulfone groups is 1. The first-order chi connectivity index (χ1) is 8.87. The number of carboxylic acids is 1. The Labute approximate surface area is 112 Å². The quantitative estimate of drug-likeness (QED) is 0.797. The fourth-order valence-corrected chi connectivity index (χ4v) is 4.58. The number of rotatable bonds is 3. The maximum atomic E-state index is 12.2. The summed E-state index contributed by atoms with van der Waals surface area (Å²) in [6.45, 7) is 1.10. The van der Waals surface area contributed by atoms with E-state index in [1.54, 1.807) is 4.90 Å². The van der Waals surface area contributed by atoms with Crippen molar-refractivity contribution in [1.29, 1.82) is 0 Å². The summed E-state index contributed by atoms with van der Waals surface area (Å²) in [5, 5.41) is 8.72. The lowest BCUT2D eigenvalue weighted by Gasteiger charge is -2.32. The molecule has 108 valence electrons. The third-order valence-electron chi connectivity index (χ3n) is 3.97. The van der Waals surface area contributed by atoms with Gasteiger partial charge in [0.2, 0.25) is 5.91 Å². The molecule has 1 unspecified atom stereocenters. The minimum atomic E-state index is -3.03. The number of hydrogen-bond acceptors (Lipinski definition) is 4. The first kappa shape index (κ1) is 14.3. The fraction of sp³-hybridized carbons (Fsp3) is 0.833. The molecule has 2 saturated heterocycles. The van der Waals surface area contributed by atoms with Crippen molar-refractivity contribution >= 4 is 21.7 Å². The maximum Gasteiger partial charge on any atom is 0.303 e. The molecule has 2 rings (SSSR count). The summed E-state index contributed by atoms with van der Waals surface area (Å²) in [6, 6.07) is 0. The van der Waals surface area contributed by atoms with E-state index in [1.165, 1.54) is 0 Å². The van der Waals surface area contributed by atoms with Crippen LogP contribution in [0.5, 0.6) is 0 Å². The highest BCUT2D eigenvalue weighted by Crippen LogP contribution is 2.25. The number of nitrogens with zero attached hydrogens (tertiary/aromatic N) is 1. The fourth-order valence-electron chi connectivity index (χ4n) is 2.85. The molecule has 0 radical (unpaired) electrons. The van der Waals surface area contributed by atoms with Gasteiger partial charge in [-0.25, -0.2) is 8.42 Å². The summed E-state index contributed by atoms with van der Waals surface area (Å²) in [7, 11) is -3.03. The maximum absolute atomic E-state index is 12.2. The average molecular weight is 289 g/mol. The summed E-state index contributed by atoms with van der Waals surface area (Å²) < 4.78 is 22.7. The lowest BCUT2D eigenvalue weighted by molar-refractivity contribution is -0.139. The standard InChI is InChI=1S/C12H19NO5S/c14-11(15)7-9-1-4-13(5-2-9)12(16)10-3-6-19(17,18)8-10/h9-10H,1-8H2,(H,14,15). The van der Waals surface area contributed by atoms with Crippen LogP contribution in [0.15, 0.2) is 0 Å². The molecule has 0 spiro atoms. The van der Waals surface area contributed by atoms with Crippen molar-refractivity contribution < 1.29 is 23.1 Å². The van der Waals surface area contributed by atoms with Crippen molar-refractivity contribution in [3.8, 4) is 0 Å². The monoisotopic (exact) mass is 289 g/mol. The van der Waals surface area contributed by atoms with Crippen LogP contribution in [0.3, 0.4) is 0 Å². The summed E-state index contributed by atoms with van der Waals surface area (Å²) in [5.41, 5.74) is 0. The molecule has 2 heterocycles. The van der Waals surface area contributed by atoms with Gasteiger partial charge >= 0.3 is 5.97 Å². The highest BCUT2D eigenvalue weighted by Gasteiger charge is 2.36. The van der Waals surface area contributed by atoms with E-state index in [2.05, 4.69) is 0 Å².